The van der Waals surface area contributed by atoms with E-state index in [4.69, 9.17) is 27.9 Å². The number of rotatable bonds is 5. The molecule has 0 aliphatic rings. The summed E-state index contributed by atoms with van der Waals surface area (Å²) in [5.74, 6) is -1.27. The highest BCUT2D eigenvalue weighted by molar-refractivity contribution is 6.32. The molecule has 124 valence electrons. The summed E-state index contributed by atoms with van der Waals surface area (Å²) in [6.45, 7) is 1.42. The second-order valence-corrected chi connectivity index (χ2v) is 5.69. The molecule has 0 saturated heterocycles. The second kappa shape index (κ2) is 7.42. The van der Waals surface area contributed by atoms with Crippen LogP contribution in [0.25, 0.3) is 0 Å². The molecule has 0 unspecified atom stereocenters. The Bertz CT molecular complexity index is 805. The zero-order valence-electron chi connectivity index (χ0n) is 12.4. The van der Waals surface area contributed by atoms with Crippen LogP contribution in [0, 0.1) is 10.1 Å². The Labute approximate surface area is 147 Å². The van der Waals surface area contributed by atoms with Crippen molar-refractivity contribution in [1.29, 1.82) is 0 Å². The molecule has 8 heteroatoms. The zero-order chi connectivity index (χ0) is 17.9. The van der Waals surface area contributed by atoms with Gasteiger partial charge in [-0.15, -0.1) is 0 Å². The third-order valence-corrected chi connectivity index (χ3v) is 3.73. The number of nitro benzene ring substituents is 1. The van der Waals surface area contributed by atoms with E-state index in [-0.39, 0.29) is 10.6 Å². The van der Waals surface area contributed by atoms with Crippen molar-refractivity contribution in [3.05, 3.63) is 73.8 Å². The fraction of sp³-hybridized carbons (Fsp3) is 0.125. The fourth-order valence-corrected chi connectivity index (χ4v) is 2.22. The molecule has 0 heterocycles. The van der Waals surface area contributed by atoms with Crippen molar-refractivity contribution in [2.24, 2.45) is 0 Å². The number of carbonyl (C=O) groups is 2. The molecule has 2 aromatic rings. The van der Waals surface area contributed by atoms with Crippen LogP contribution in [-0.2, 0) is 4.74 Å². The Morgan fingerprint density at radius 2 is 1.67 bits per heavy atom. The van der Waals surface area contributed by atoms with E-state index in [1.807, 2.05) is 0 Å². The van der Waals surface area contributed by atoms with E-state index in [9.17, 15) is 19.7 Å². The standard InChI is InChI=1S/C16H11Cl2NO5/c1-9(15(20)10-2-5-12(17)6-3-10)24-16(21)11-4-7-13(18)14(8-11)19(22)23/h2-9H,1H3/t9-/m1/s1. The van der Waals surface area contributed by atoms with Gasteiger partial charge in [-0.2, -0.15) is 0 Å². The highest BCUT2D eigenvalue weighted by Crippen LogP contribution is 2.25. The lowest BCUT2D eigenvalue weighted by Gasteiger charge is -2.12. The lowest BCUT2D eigenvalue weighted by Crippen LogP contribution is -2.24. The van der Waals surface area contributed by atoms with Gasteiger partial charge in [-0.05, 0) is 43.3 Å². The first-order valence-electron chi connectivity index (χ1n) is 6.74. The fourth-order valence-electron chi connectivity index (χ4n) is 1.91. The van der Waals surface area contributed by atoms with E-state index in [1.165, 1.54) is 31.2 Å². The third kappa shape index (κ3) is 4.10. The van der Waals surface area contributed by atoms with Crippen molar-refractivity contribution in [3.63, 3.8) is 0 Å². The molecule has 0 aliphatic carbocycles. The quantitative estimate of drug-likeness (QED) is 0.339. The van der Waals surface area contributed by atoms with Crippen LogP contribution < -0.4 is 0 Å². The predicted molar refractivity (Wildman–Crippen MR) is 88.8 cm³/mol. The highest BCUT2D eigenvalue weighted by atomic mass is 35.5. The van der Waals surface area contributed by atoms with Gasteiger partial charge < -0.3 is 4.74 Å². The number of ketones is 1. The smallest absolute Gasteiger partial charge is 0.339 e. The van der Waals surface area contributed by atoms with Crippen molar-refractivity contribution in [3.8, 4) is 0 Å². The number of ether oxygens (including phenoxy) is 1. The van der Waals surface area contributed by atoms with E-state index >= 15 is 0 Å². The van der Waals surface area contributed by atoms with E-state index < -0.39 is 28.5 Å². The average Bonchev–Trinajstić information content (AvgIpc) is 2.54. The van der Waals surface area contributed by atoms with Gasteiger partial charge in [0, 0.05) is 16.7 Å². The van der Waals surface area contributed by atoms with Gasteiger partial charge in [0.2, 0.25) is 5.78 Å². The SMILES string of the molecule is C[C@@H](OC(=O)c1ccc(Cl)c([N+](=O)[O-])c1)C(=O)c1ccc(Cl)cc1. The van der Waals surface area contributed by atoms with Gasteiger partial charge in [-0.1, -0.05) is 23.2 Å². The van der Waals surface area contributed by atoms with Crippen LogP contribution in [0.2, 0.25) is 10.0 Å². The Balaban J connectivity index is 2.14. The molecular weight excluding hydrogens is 357 g/mol. The van der Waals surface area contributed by atoms with E-state index in [2.05, 4.69) is 0 Å². The molecule has 0 bridgehead atoms. The van der Waals surface area contributed by atoms with Crippen LogP contribution in [0.1, 0.15) is 27.6 Å². The largest absolute Gasteiger partial charge is 0.451 e. The molecule has 0 amide bonds. The maximum Gasteiger partial charge on any atom is 0.339 e. The Kier molecular flexibility index (Phi) is 5.54. The number of esters is 1. The topological polar surface area (TPSA) is 86.5 Å². The number of nitro groups is 1. The van der Waals surface area contributed by atoms with Gasteiger partial charge in [0.15, 0.2) is 6.10 Å². The number of halogens is 2. The summed E-state index contributed by atoms with van der Waals surface area (Å²) in [6.07, 6.45) is -1.06. The maximum atomic E-state index is 12.2. The van der Waals surface area contributed by atoms with Gasteiger partial charge in [-0.25, -0.2) is 4.79 Å². The second-order valence-electron chi connectivity index (χ2n) is 4.84. The molecule has 0 saturated carbocycles. The van der Waals surface area contributed by atoms with E-state index in [1.54, 1.807) is 12.1 Å². The number of nitrogens with zero attached hydrogens (tertiary/aromatic N) is 1. The summed E-state index contributed by atoms with van der Waals surface area (Å²) in [7, 11) is 0. The molecule has 0 fully saturated rings. The van der Waals surface area contributed by atoms with Gasteiger partial charge >= 0.3 is 5.97 Å². The first kappa shape index (κ1) is 17.9. The minimum Gasteiger partial charge on any atom is -0.451 e. The molecular formula is C16H11Cl2NO5. The van der Waals surface area contributed by atoms with Crippen molar-refractivity contribution >= 4 is 40.6 Å². The van der Waals surface area contributed by atoms with Gasteiger partial charge in [-0.3, -0.25) is 14.9 Å². The average molecular weight is 368 g/mol. The highest BCUT2D eigenvalue weighted by Gasteiger charge is 2.22. The first-order chi connectivity index (χ1) is 11.3. The zero-order valence-corrected chi connectivity index (χ0v) is 13.9. The molecule has 0 aromatic heterocycles. The van der Waals surface area contributed by atoms with Crippen molar-refractivity contribution < 1.29 is 19.2 Å². The summed E-state index contributed by atoms with van der Waals surface area (Å²) in [4.78, 5) is 34.4. The molecule has 0 N–H and O–H groups in total. The van der Waals surface area contributed by atoms with Gasteiger partial charge in [0.1, 0.15) is 5.02 Å². The van der Waals surface area contributed by atoms with Crippen LogP contribution in [-0.4, -0.2) is 22.8 Å². The van der Waals surface area contributed by atoms with Crippen LogP contribution in [0.5, 0.6) is 0 Å². The van der Waals surface area contributed by atoms with Crippen LogP contribution in [0.4, 0.5) is 5.69 Å². The molecule has 0 aliphatic heterocycles. The Morgan fingerprint density at radius 1 is 1.08 bits per heavy atom. The normalized spacial score (nSPS) is 11.6. The first-order valence-corrected chi connectivity index (χ1v) is 7.50. The number of Topliss-reactive ketones (excluding diaryl/α,β-unsaturated/α-hetero) is 1. The summed E-state index contributed by atoms with van der Waals surface area (Å²) in [5, 5.41) is 11.2. The molecule has 0 radical (unpaired) electrons. The van der Waals surface area contributed by atoms with Gasteiger partial charge in [0.25, 0.3) is 5.69 Å². The summed E-state index contributed by atoms with van der Waals surface area (Å²) < 4.78 is 5.07. The van der Waals surface area contributed by atoms with Crippen LogP contribution in [0.3, 0.4) is 0 Å². The van der Waals surface area contributed by atoms with E-state index in [0.717, 1.165) is 6.07 Å². The van der Waals surface area contributed by atoms with Gasteiger partial charge in [0.05, 0.1) is 10.5 Å². The van der Waals surface area contributed by atoms with E-state index in [0.29, 0.717) is 10.6 Å². The Hall–Kier alpha value is -2.44. The predicted octanol–water partition coefficient (Wildman–Crippen LogP) is 4.33. The minimum absolute atomic E-state index is 0.0677. The lowest BCUT2D eigenvalue weighted by atomic mass is 10.1. The third-order valence-electron chi connectivity index (χ3n) is 3.16. The number of hydrogen-bond donors (Lipinski definition) is 0. The number of carbonyl (C=O) groups excluding carboxylic acids is 2. The van der Waals surface area contributed by atoms with Crippen LogP contribution in [0.15, 0.2) is 42.5 Å². The van der Waals surface area contributed by atoms with Crippen LogP contribution >= 0.6 is 23.2 Å². The number of hydrogen-bond acceptors (Lipinski definition) is 5. The molecule has 0 spiro atoms. The maximum absolute atomic E-state index is 12.2. The molecule has 2 rings (SSSR count). The van der Waals surface area contributed by atoms with Crippen molar-refractivity contribution in [2.75, 3.05) is 0 Å². The van der Waals surface area contributed by atoms with Crippen molar-refractivity contribution in [1.82, 2.24) is 0 Å². The van der Waals surface area contributed by atoms with Crippen molar-refractivity contribution in [2.45, 2.75) is 13.0 Å². The monoisotopic (exact) mass is 367 g/mol. The molecule has 6 nitrogen and oxygen atoms in total. The summed E-state index contributed by atoms with van der Waals surface area (Å²) in [6, 6.07) is 9.64. The molecule has 1 atom stereocenters. The minimum atomic E-state index is -1.06. The summed E-state index contributed by atoms with van der Waals surface area (Å²) >= 11 is 11.4. The Morgan fingerprint density at radius 3 is 2.25 bits per heavy atom. The lowest BCUT2D eigenvalue weighted by molar-refractivity contribution is -0.384. The molecule has 2 aromatic carbocycles. The summed E-state index contributed by atoms with van der Waals surface area (Å²) in [5.41, 5.74) is -0.147. The molecule has 24 heavy (non-hydrogen) atoms. The number of benzene rings is 2.